The Morgan fingerprint density at radius 2 is 2.50 bits per heavy atom. The van der Waals surface area contributed by atoms with Crippen molar-refractivity contribution in [2.45, 2.75) is 18.9 Å². The molecule has 0 radical (unpaired) electrons. The van der Waals surface area contributed by atoms with E-state index in [-0.39, 0.29) is 0 Å². The van der Waals surface area contributed by atoms with Gasteiger partial charge >= 0.3 is 0 Å². The molecule has 0 saturated carbocycles. The van der Waals surface area contributed by atoms with Crippen molar-refractivity contribution in [2.75, 3.05) is 6.54 Å². The highest BCUT2D eigenvalue weighted by atomic mass is 14.9. The molecule has 1 heterocycles. The molecule has 1 heteroatoms. The van der Waals surface area contributed by atoms with Crippen LogP contribution in [0.4, 0.5) is 0 Å². The first-order chi connectivity index (χ1) is 3.95. The second-order valence-electron chi connectivity index (χ2n) is 2.78. The van der Waals surface area contributed by atoms with E-state index >= 15 is 0 Å². The highest BCUT2D eigenvalue weighted by molar-refractivity contribution is 5.04. The molecule has 0 aromatic rings. The van der Waals surface area contributed by atoms with Gasteiger partial charge in [-0.25, -0.2) is 0 Å². The molecule has 0 aromatic heterocycles. The Bertz CT molecular complexity index is 118. The summed E-state index contributed by atoms with van der Waals surface area (Å²) >= 11 is 0. The van der Waals surface area contributed by atoms with Crippen LogP contribution < -0.4 is 5.32 Å². The summed E-state index contributed by atoms with van der Waals surface area (Å²) in [5, 5.41) is 3.43. The number of hydrogen-bond donors (Lipinski definition) is 1. The molecule has 8 heavy (non-hydrogen) atoms. The van der Waals surface area contributed by atoms with Gasteiger partial charge in [-0.1, -0.05) is 12.2 Å². The molecule has 2 atom stereocenters. The van der Waals surface area contributed by atoms with Gasteiger partial charge in [-0.15, -0.1) is 0 Å². The fourth-order valence-corrected chi connectivity index (χ4v) is 1.61. The third-order valence-electron chi connectivity index (χ3n) is 2.09. The normalized spacial score (nSPS) is 43.0. The number of rotatable bonds is 0. The maximum absolute atomic E-state index is 3.43. The van der Waals surface area contributed by atoms with Gasteiger partial charge in [0.25, 0.3) is 0 Å². The summed E-state index contributed by atoms with van der Waals surface area (Å²) in [6.45, 7) is 1.25. The highest BCUT2D eigenvalue weighted by Crippen LogP contribution is 2.23. The van der Waals surface area contributed by atoms with Crippen LogP contribution in [0.2, 0.25) is 0 Å². The molecule has 2 bridgehead atoms. The maximum Gasteiger partial charge on any atom is 0.0253 e. The first-order valence-corrected chi connectivity index (χ1v) is 3.35. The zero-order valence-corrected chi connectivity index (χ0v) is 4.93. The SMILES string of the molecule is C1=CC2CC(C1)CN2. The van der Waals surface area contributed by atoms with Crippen molar-refractivity contribution in [2.24, 2.45) is 5.92 Å². The van der Waals surface area contributed by atoms with Crippen LogP contribution in [-0.4, -0.2) is 12.6 Å². The third kappa shape index (κ3) is 0.583. The number of hydrogen-bond acceptors (Lipinski definition) is 1. The summed E-state index contributed by atoms with van der Waals surface area (Å²) in [6, 6.07) is 0.730. The molecule has 0 aromatic carbocycles. The monoisotopic (exact) mass is 109 g/mol. The van der Waals surface area contributed by atoms with Crippen LogP contribution in [0.3, 0.4) is 0 Å². The second-order valence-corrected chi connectivity index (χ2v) is 2.78. The summed E-state index contributed by atoms with van der Waals surface area (Å²) in [4.78, 5) is 0. The maximum atomic E-state index is 3.43. The summed E-state index contributed by atoms with van der Waals surface area (Å²) in [6.07, 6.45) is 7.29. The largest absolute Gasteiger partial charge is 0.310 e. The number of fused-ring (bicyclic) bond motifs is 2. The van der Waals surface area contributed by atoms with Crippen molar-refractivity contribution in [3.63, 3.8) is 0 Å². The van der Waals surface area contributed by atoms with Crippen LogP contribution in [0.1, 0.15) is 12.8 Å². The molecule has 2 aliphatic rings. The minimum Gasteiger partial charge on any atom is -0.310 e. The average Bonchev–Trinajstić information content (AvgIpc) is 2.12. The van der Waals surface area contributed by atoms with E-state index in [1.54, 1.807) is 0 Å². The zero-order valence-electron chi connectivity index (χ0n) is 4.93. The Kier molecular flexibility index (Phi) is 0.908. The standard InChI is InChI=1S/C7H11N/c1-2-6-4-7(3-1)8-5-6/h1,3,6-8H,2,4-5H2. The van der Waals surface area contributed by atoms with Gasteiger partial charge in [0.1, 0.15) is 0 Å². The molecule has 0 amide bonds. The lowest BCUT2D eigenvalue weighted by atomic mass is 9.97. The van der Waals surface area contributed by atoms with Gasteiger partial charge in [0.15, 0.2) is 0 Å². The molecule has 1 saturated heterocycles. The van der Waals surface area contributed by atoms with Crippen LogP contribution in [0.15, 0.2) is 12.2 Å². The van der Waals surface area contributed by atoms with E-state index < -0.39 is 0 Å². The predicted molar refractivity (Wildman–Crippen MR) is 33.7 cm³/mol. The molecule has 1 N–H and O–H groups in total. The highest BCUT2D eigenvalue weighted by Gasteiger charge is 2.23. The number of nitrogens with one attached hydrogen (secondary N) is 1. The molecular weight excluding hydrogens is 98.1 g/mol. The van der Waals surface area contributed by atoms with Crippen LogP contribution in [0.5, 0.6) is 0 Å². The van der Waals surface area contributed by atoms with E-state index in [4.69, 9.17) is 0 Å². The predicted octanol–water partition coefficient (Wildman–Crippen LogP) is 0.924. The van der Waals surface area contributed by atoms with Gasteiger partial charge in [-0.2, -0.15) is 0 Å². The fraction of sp³-hybridized carbons (Fsp3) is 0.714. The average molecular weight is 109 g/mol. The summed E-state index contributed by atoms with van der Waals surface area (Å²) in [5.74, 6) is 0.963. The van der Waals surface area contributed by atoms with Gasteiger partial charge < -0.3 is 5.32 Å². The lowest BCUT2D eigenvalue weighted by Gasteiger charge is -2.08. The molecule has 1 aliphatic heterocycles. The molecular formula is C7H11N. The van der Waals surface area contributed by atoms with Crippen molar-refractivity contribution >= 4 is 0 Å². The number of allylic oxidation sites excluding steroid dienone is 1. The van der Waals surface area contributed by atoms with Gasteiger partial charge in [0, 0.05) is 6.04 Å². The van der Waals surface area contributed by atoms with Crippen molar-refractivity contribution in [3.8, 4) is 0 Å². The molecule has 0 spiro atoms. The molecule has 44 valence electrons. The van der Waals surface area contributed by atoms with Crippen LogP contribution >= 0.6 is 0 Å². The lowest BCUT2D eigenvalue weighted by molar-refractivity contribution is 0.569. The van der Waals surface area contributed by atoms with E-state index in [9.17, 15) is 0 Å². The molecule has 2 unspecified atom stereocenters. The first-order valence-electron chi connectivity index (χ1n) is 3.35. The molecule has 1 nitrogen and oxygen atoms in total. The van der Waals surface area contributed by atoms with Crippen LogP contribution in [0.25, 0.3) is 0 Å². The molecule has 1 aliphatic carbocycles. The Balaban J connectivity index is 2.17. The Morgan fingerprint density at radius 3 is 3.25 bits per heavy atom. The van der Waals surface area contributed by atoms with Crippen molar-refractivity contribution in [1.82, 2.24) is 5.32 Å². The van der Waals surface area contributed by atoms with Gasteiger partial charge in [0.2, 0.25) is 0 Å². The van der Waals surface area contributed by atoms with E-state index in [2.05, 4.69) is 17.5 Å². The summed E-state index contributed by atoms with van der Waals surface area (Å²) in [7, 11) is 0. The Morgan fingerprint density at radius 1 is 1.50 bits per heavy atom. The Hall–Kier alpha value is -0.300. The van der Waals surface area contributed by atoms with E-state index in [1.165, 1.54) is 19.4 Å². The van der Waals surface area contributed by atoms with E-state index in [0.29, 0.717) is 0 Å². The lowest BCUT2D eigenvalue weighted by Crippen LogP contribution is -2.17. The fourth-order valence-electron chi connectivity index (χ4n) is 1.61. The van der Waals surface area contributed by atoms with Gasteiger partial charge in [0.05, 0.1) is 0 Å². The second kappa shape index (κ2) is 1.59. The van der Waals surface area contributed by atoms with E-state index in [0.717, 1.165) is 12.0 Å². The first kappa shape index (κ1) is 4.57. The molecule has 2 rings (SSSR count). The zero-order chi connectivity index (χ0) is 5.40. The van der Waals surface area contributed by atoms with E-state index in [1.807, 2.05) is 0 Å². The van der Waals surface area contributed by atoms with Crippen LogP contribution in [-0.2, 0) is 0 Å². The van der Waals surface area contributed by atoms with Gasteiger partial charge in [-0.05, 0) is 25.3 Å². The molecule has 1 fully saturated rings. The van der Waals surface area contributed by atoms with Crippen molar-refractivity contribution < 1.29 is 0 Å². The van der Waals surface area contributed by atoms with Crippen LogP contribution in [0, 0.1) is 5.92 Å². The summed E-state index contributed by atoms with van der Waals surface area (Å²) < 4.78 is 0. The quantitative estimate of drug-likeness (QED) is 0.456. The Labute approximate surface area is 49.8 Å². The minimum atomic E-state index is 0.730. The van der Waals surface area contributed by atoms with Crippen molar-refractivity contribution in [3.05, 3.63) is 12.2 Å². The van der Waals surface area contributed by atoms with Gasteiger partial charge in [-0.3, -0.25) is 0 Å². The smallest absolute Gasteiger partial charge is 0.0253 e. The summed E-state index contributed by atoms with van der Waals surface area (Å²) in [5.41, 5.74) is 0. The minimum absolute atomic E-state index is 0.730. The van der Waals surface area contributed by atoms with Crippen molar-refractivity contribution in [1.29, 1.82) is 0 Å². The third-order valence-corrected chi connectivity index (χ3v) is 2.09. The topological polar surface area (TPSA) is 12.0 Å².